The first-order chi connectivity index (χ1) is 4.66. The fraction of sp³-hybridized carbons (Fsp3) is 0.375. The molecule has 1 aliphatic heterocycles. The zero-order chi connectivity index (χ0) is 7.72. The van der Waals surface area contributed by atoms with E-state index < -0.39 is 0 Å². The summed E-state index contributed by atoms with van der Waals surface area (Å²) in [6, 6.07) is 0. The van der Waals surface area contributed by atoms with Gasteiger partial charge in [0.15, 0.2) is 0 Å². The van der Waals surface area contributed by atoms with Gasteiger partial charge in [-0.25, -0.2) is 0 Å². The number of amides is 1. The molecule has 1 saturated heterocycles. The average Bonchev–Trinajstić information content (AvgIpc) is 2.17. The van der Waals surface area contributed by atoms with Crippen LogP contribution in [0.1, 0.15) is 6.92 Å². The van der Waals surface area contributed by atoms with Crippen LogP contribution < -0.4 is 0 Å². The van der Waals surface area contributed by atoms with Crippen molar-refractivity contribution >= 4 is 5.91 Å². The van der Waals surface area contributed by atoms with Crippen molar-refractivity contribution in [2.24, 2.45) is 5.92 Å². The number of hydrogen-bond donors (Lipinski definition) is 0. The Balaban J connectivity index is 2.80. The monoisotopic (exact) mass is 137 g/mol. The van der Waals surface area contributed by atoms with Crippen molar-refractivity contribution in [3.8, 4) is 0 Å². The van der Waals surface area contributed by atoms with Gasteiger partial charge < -0.3 is 4.90 Å². The topological polar surface area (TPSA) is 20.3 Å². The molecule has 0 N–H and O–H groups in total. The number of carbonyl (C=O) groups excluding carboxylic acids is 1. The van der Waals surface area contributed by atoms with Crippen LogP contribution in [-0.2, 0) is 4.79 Å². The second-order valence-electron chi connectivity index (χ2n) is 2.57. The van der Waals surface area contributed by atoms with Gasteiger partial charge in [0, 0.05) is 18.0 Å². The molecular weight excluding hydrogens is 126 g/mol. The third kappa shape index (κ3) is 0.856. The van der Waals surface area contributed by atoms with Gasteiger partial charge in [-0.3, -0.25) is 4.79 Å². The van der Waals surface area contributed by atoms with E-state index in [-0.39, 0.29) is 11.8 Å². The third-order valence-electron chi connectivity index (χ3n) is 1.82. The van der Waals surface area contributed by atoms with E-state index in [1.807, 2.05) is 6.92 Å². The maximum Gasteiger partial charge on any atom is 0.253 e. The van der Waals surface area contributed by atoms with E-state index in [9.17, 15) is 4.79 Å². The Morgan fingerprint density at radius 2 is 2.40 bits per heavy atom. The lowest BCUT2D eigenvalue weighted by Gasteiger charge is -2.06. The standard InChI is InChI=1S/C8H11NO/c1-4-9-5-6(2)7(3)8(9)10/h4,6H,1,3,5H2,2H3. The van der Waals surface area contributed by atoms with Gasteiger partial charge in [0.2, 0.25) is 0 Å². The number of likely N-dealkylation sites (tertiary alicyclic amines) is 1. The molecule has 1 fully saturated rings. The number of nitrogens with zero attached hydrogens (tertiary/aromatic N) is 1. The molecular formula is C8H11NO. The predicted molar refractivity (Wildman–Crippen MR) is 40.2 cm³/mol. The van der Waals surface area contributed by atoms with Gasteiger partial charge in [-0.2, -0.15) is 0 Å². The molecule has 2 heteroatoms. The summed E-state index contributed by atoms with van der Waals surface area (Å²) in [6.45, 7) is 9.93. The van der Waals surface area contributed by atoms with Crippen LogP contribution in [0.3, 0.4) is 0 Å². The molecule has 54 valence electrons. The Morgan fingerprint density at radius 1 is 1.80 bits per heavy atom. The van der Waals surface area contributed by atoms with Gasteiger partial charge in [0.05, 0.1) is 0 Å². The van der Waals surface area contributed by atoms with E-state index in [1.165, 1.54) is 0 Å². The zero-order valence-corrected chi connectivity index (χ0v) is 6.13. The van der Waals surface area contributed by atoms with Crippen molar-refractivity contribution in [3.63, 3.8) is 0 Å². The first kappa shape index (κ1) is 7.06. The molecule has 0 saturated carbocycles. The van der Waals surface area contributed by atoms with E-state index in [0.717, 1.165) is 6.54 Å². The van der Waals surface area contributed by atoms with Crippen LogP contribution in [0.15, 0.2) is 24.9 Å². The molecule has 0 aromatic rings. The summed E-state index contributed by atoms with van der Waals surface area (Å²) in [4.78, 5) is 12.7. The molecule has 0 aliphatic carbocycles. The minimum Gasteiger partial charge on any atom is -0.315 e. The summed E-state index contributed by atoms with van der Waals surface area (Å²) < 4.78 is 0. The fourth-order valence-electron chi connectivity index (χ4n) is 1.04. The van der Waals surface area contributed by atoms with E-state index >= 15 is 0 Å². The highest BCUT2D eigenvalue weighted by atomic mass is 16.2. The molecule has 0 bridgehead atoms. The zero-order valence-electron chi connectivity index (χ0n) is 6.13. The van der Waals surface area contributed by atoms with Crippen LogP contribution in [0.4, 0.5) is 0 Å². The van der Waals surface area contributed by atoms with Gasteiger partial charge in [-0.05, 0) is 6.20 Å². The molecule has 1 heterocycles. The van der Waals surface area contributed by atoms with Crippen LogP contribution in [-0.4, -0.2) is 17.4 Å². The van der Waals surface area contributed by atoms with Crippen molar-refractivity contribution in [1.29, 1.82) is 0 Å². The molecule has 0 spiro atoms. The highest BCUT2D eigenvalue weighted by Crippen LogP contribution is 2.21. The van der Waals surface area contributed by atoms with Gasteiger partial charge in [0.25, 0.3) is 5.91 Å². The van der Waals surface area contributed by atoms with Crippen LogP contribution in [0, 0.1) is 5.92 Å². The number of rotatable bonds is 1. The van der Waals surface area contributed by atoms with E-state index in [0.29, 0.717) is 5.57 Å². The Kier molecular flexibility index (Phi) is 1.62. The quantitative estimate of drug-likeness (QED) is 0.497. The maximum absolute atomic E-state index is 11.1. The second kappa shape index (κ2) is 2.29. The molecule has 0 radical (unpaired) electrons. The minimum atomic E-state index is 0.0162. The van der Waals surface area contributed by atoms with Crippen LogP contribution in [0.2, 0.25) is 0 Å². The summed E-state index contributed by atoms with van der Waals surface area (Å²) in [6.07, 6.45) is 1.55. The van der Waals surface area contributed by atoms with Gasteiger partial charge in [-0.1, -0.05) is 20.1 Å². The smallest absolute Gasteiger partial charge is 0.253 e. The molecule has 2 nitrogen and oxygen atoms in total. The molecule has 1 atom stereocenters. The molecule has 1 unspecified atom stereocenters. The van der Waals surface area contributed by atoms with Crippen LogP contribution in [0.5, 0.6) is 0 Å². The first-order valence-electron chi connectivity index (χ1n) is 3.29. The van der Waals surface area contributed by atoms with E-state index in [1.54, 1.807) is 11.1 Å². The van der Waals surface area contributed by atoms with Crippen molar-refractivity contribution in [2.45, 2.75) is 6.92 Å². The summed E-state index contributed by atoms with van der Waals surface area (Å²) in [5, 5.41) is 0. The molecule has 1 rings (SSSR count). The molecule has 0 aromatic carbocycles. The fourth-order valence-corrected chi connectivity index (χ4v) is 1.04. The summed E-state index contributed by atoms with van der Waals surface area (Å²) >= 11 is 0. The summed E-state index contributed by atoms with van der Waals surface area (Å²) in [5.41, 5.74) is 0.694. The number of hydrogen-bond acceptors (Lipinski definition) is 1. The highest BCUT2D eigenvalue weighted by Gasteiger charge is 2.28. The Hall–Kier alpha value is -1.05. The second-order valence-corrected chi connectivity index (χ2v) is 2.57. The van der Waals surface area contributed by atoms with Crippen LogP contribution >= 0.6 is 0 Å². The summed E-state index contributed by atoms with van der Waals surface area (Å²) in [5.74, 6) is 0.299. The molecule has 1 amide bonds. The Morgan fingerprint density at radius 3 is 2.60 bits per heavy atom. The lowest BCUT2D eigenvalue weighted by molar-refractivity contribution is -0.122. The normalized spacial score (nSPS) is 25.7. The molecule has 0 aromatic heterocycles. The van der Waals surface area contributed by atoms with E-state index in [2.05, 4.69) is 13.2 Å². The summed E-state index contributed by atoms with van der Waals surface area (Å²) in [7, 11) is 0. The predicted octanol–water partition coefficient (Wildman–Crippen LogP) is 1.16. The van der Waals surface area contributed by atoms with Gasteiger partial charge >= 0.3 is 0 Å². The largest absolute Gasteiger partial charge is 0.315 e. The Labute approximate surface area is 60.8 Å². The average molecular weight is 137 g/mol. The van der Waals surface area contributed by atoms with Crippen molar-refractivity contribution in [2.75, 3.05) is 6.54 Å². The maximum atomic E-state index is 11.1. The number of carbonyl (C=O) groups is 1. The van der Waals surface area contributed by atoms with Gasteiger partial charge in [-0.15, -0.1) is 0 Å². The highest BCUT2D eigenvalue weighted by molar-refractivity contribution is 5.96. The molecule has 10 heavy (non-hydrogen) atoms. The van der Waals surface area contributed by atoms with E-state index in [4.69, 9.17) is 0 Å². The lowest BCUT2D eigenvalue weighted by atomic mass is 10.1. The lowest BCUT2D eigenvalue weighted by Crippen LogP contribution is -2.17. The van der Waals surface area contributed by atoms with Gasteiger partial charge in [0.1, 0.15) is 0 Å². The van der Waals surface area contributed by atoms with Crippen molar-refractivity contribution < 1.29 is 4.79 Å². The van der Waals surface area contributed by atoms with Crippen LogP contribution in [0.25, 0.3) is 0 Å². The first-order valence-corrected chi connectivity index (χ1v) is 3.29. The Bertz CT molecular complexity index is 195. The third-order valence-corrected chi connectivity index (χ3v) is 1.82. The SMILES string of the molecule is C=CN1CC(C)C(=C)C1=O. The minimum absolute atomic E-state index is 0.0162. The molecule has 1 aliphatic rings. The van der Waals surface area contributed by atoms with Crippen molar-refractivity contribution in [3.05, 3.63) is 24.9 Å². The van der Waals surface area contributed by atoms with Crippen molar-refractivity contribution in [1.82, 2.24) is 4.90 Å².